The molecule has 1 aliphatic carbocycles. The molecule has 0 spiro atoms. The van der Waals surface area contributed by atoms with Crippen LogP contribution in [0, 0.1) is 37.7 Å². The summed E-state index contributed by atoms with van der Waals surface area (Å²) < 4.78 is 128. The Morgan fingerprint density at radius 2 is 1.29 bits per heavy atom. The maximum Gasteiger partial charge on any atom is 0.300 e. The quantitative estimate of drug-likeness (QED) is 0.173. The van der Waals surface area contributed by atoms with Gasteiger partial charge in [0.2, 0.25) is 0 Å². The molecule has 0 bridgehead atoms. The van der Waals surface area contributed by atoms with Crippen LogP contribution in [0.15, 0.2) is 34.7 Å². The van der Waals surface area contributed by atoms with Gasteiger partial charge in [-0.25, -0.2) is 30.7 Å². The molecule has 9 nitrogen and oxygen atoms in total. The average Bonchev–Trinajstić information content (AvgIpc) is 2.77. The summed E-state index contributed by atoms with van der Waals surface area (Å²) in [5.74, 6) is -13.1. The fourth-order valence-electron chi connectivity index (χ4n) is 3.16. The van der Waals surface area contributed by atoms with Crippen LogP contribution in [0.5, 0.6) is 0 Å². The van der Waals surface area contributed by atoms with Crippen molar-refractivity contribution in [3.05, 3.63) is 84.2 Å². The largest absolute Gasteiger partial charge is 0.300 e. The van der Waals surface area contributed by atoms with Crippen LogP contribution in [0.3, 0.4) is 0 Å². The maximum absolute atomic E-state index is 14.4. The number of nitro groups is 2. The summed E-state index contributed by atoms with van der Waals surface area (Å²) in [6, 6.07) is 2.26. The van der Waals surface area contributed by atoms with Gasteiger partial charge in [0, 0.05) is 23.3 Å². The summed E-state index contributed by atoms with van der Waals surface area (Å²) in [5.41, 5.74) is -7.06. The van der Waals surface area contributed by atoms with E-state index in [1.165, 1.54) is 0 Å². The topological polar surface area (TPSA) is 130 Å². The van der Waals surface area contributed by atoms with Crippen LogP contribution in [0.4, 0.5) is 42.1 Å². The fraction of sp³-hybridized carbons (Fsp3) is 0.176. The van der Waals surface area contributed by atoms with Crippen molar-refractivity contribution in [2.45, 2.75) is 23.8 Å². The number of halogens is 7. The number of fused-ring (bicyclic) bond motifs is 1. The molecule has 17 heteroatoms. The van der Waals surface area contributed by atoms with Crippen LogP contribution in [0.25, 0.3) is 0 Å². The first-order valence-electron chi connectivity index (χ1n) is 8.55. The molecule has 0 aromatic heterocycles. The molecule has 0 N–H and O–H groups in total. The Labute approximate surface area is 183 Å². The van der Waals surface area contributed by atoms with Gasteiger partial charge in [0.05, 0.1) is 9.85 Å². The lowest BCUT2D eigenvalue weighted by Gasteiger charge is -2.25. The molecule has 2 unspecified atom stereocenters. The van der Waals surface area contributed by atoms with Gasteiger partial charge >= 0.3 is 10.1 Å². The third kappa shape index (κ3) is 3.85. The van der Waals surface area contributed by atoms with Crippen molar-refractivity contribution in [1.82, 2.24) is 0 Å². The van der Waals surface area contributed by atoms with Crippen molar-refractivity contribution in [1.29, 1.82) is 0 Å². The number of nitrogens with zero attached hydrogens (tertiary/aromatic N) is 2. The number of nitro benzene ring substituents is 2. The number of benzene rings is 2. The van der Waals surface area contributed by atoms with Crippen molar-refractivity contribution < 1.29 is 53.2 Å². The van der Waals surface area contributed by atoms with E-state index in [9.17, 15) is 59.4 Å². The molecule has 0 heterocycles. The smallest absolute Gasteiger partial charge is 0.261 e. The fourth-order valence-corrected chi connectivity index (χ4v) is 4.34. The Kier molecular flexibility index (Phi) is 6.36. The van der Waals surface area contributed by atoms with Crippen molar-refractivity contribution in [2.24, 2.45) is 0 Å². The van der Waals surface area contributed by atoms with Crippen molar-refractivity contribution in [3.63, 3.8) is 0 Å². The predicted molar refractivity (Wildman–Crippen MR) is 95.0 cm³/mol. The Morgan fingerprint density at radius 3 is 1.76 bits per heavy atom. The Balaban J connectivity index is 2.20. The highest BCUT2D eigenvalue weighted by molar-refractivity contribution is 7.86. The molecule has 0 saturated carbocycles. The van der Waals surface area contributed by atoms with E-state index in [-0.39, 0.29) is 0 Å². The number of hydrogen-bond donors (Lipinski definition) is 0. The zero-order valence-electron chi connectivity index (χ0n) is 15.9. The lowest BCUT2D eigenvalue weighted by atomic mass is 9.91. The lowest BCUT2D eigenvalue weighted by molar-refractivity contribution is -0.396. The SMILES string of the molecule is O=[N+]([O-])c1cccc([N+](=O)[O-])c1COS(=O)(=O)c1c(F)c(F)c(F)c2c1C(F)C(F)=C(F)C2F. The van der Waals surface area contributed by atoms with Gasteiger partial charge in [-0.05, 0) is 6.07 Å². The number of allylic oxidation sites excluding steroid dienone is 2. The van der Waals surface area contributed by atoms with Gasteiger partial charge in [-0.15, -0.1) is 0 Å². The molecule has 0 saturated heterocycles. The minimum absolute atomic E-state index is 0.701. The summed E-state index contributed by atoms with van der Waals surface area (Å²) >= 11 is 0. The highest BCUT2D eigenvalue weighted by Crippen LogP contribution is 2.50. The van der Waals surface area contributed by atoms with Gasteiger partial charge in [0.25, 0.3) is 11.4 Å². The molecule has 0 aliphatic heterocycles. The van der Waals surface area contributed by atoms with E-state index >= 15 is 0 Å². The molecule has 3 rings (SSSR count). The molecular formula is C17H7F7N2O7S. The van der Waals surface area contributed by atoms with Gasteiger partial charge in [0.15, 0.2) is 41.4 Å². The second-order valence-electron chi connectivity index (χ2n) is 6.52. The van der Waals surface area contributed by atoms with Crippen molar-refractivity contribution in [2.75, 3.05) is 0 Å². The van der Waals surface area contributed by atoms with E-state index in [0.717, 1.165) is 6.07 Å². The Bertz CT molecular complexity index is 1350. The molecule has 0 amide bonds. The lowest BCUT2D eigenvalue weighted by Crippen LogP contribution is -2.22. The van der Waals surface area contributed by atoms with Gasteiger partial charge in [-0.2, -0.15) is 8.42 Å². The monoisotopic (exact) mass is 516 g/mol. The van der Waals surface area contributed by atoms with Crippen molar-refractivity contribution >= 4 is 21.5 Å². The van der Waals surface area contributed by atoms with Crippen LogP contribution in [-0.2, 0) is 20.9 Å². The molecule has 34 heavy (non-hydrogen) atoms. The summed E-state index contributed by atoms with van der Waals surface area (Å²) in [4.78, 5) is 17.6. The van der Waals surface area contributed by atoms with Gasteiger partial charge < -0.3 is 0 Å². The van der Waals surface area contributed by atoms with Crippen LogP contribution in [-0.4, -0.2) is 18.3 Å². The molecule has 2 atom stereocenters. The molecule has 0 fully saturated rings. The highest BCUT2D eigenvalue weighted by Gasteiger charge is 2.46. The van der Waals surface area contributed by atoms with E-state index in [0.29, 0.717) is 12.1 Å². The second kappa shape index (κ2) is 8.64. The standard InChI is InChI=1S/C17H7F7N2O7S/c18-10-8-9(12(20)14(22)13(10)21)17(16(24)15(23)11(8)19)34(31,32)33-4-5-6(25(27)28)2-1-3-7(5)26(29)30/h1-3,10,12H,4H2. The van der Waals surface area contributed by atoms with E-state index < -0.39 is 101 Å². The highest BCUT2D eigenvalue weighted by atomic mass is 32.2. The Hall–Kier alpha value is -3.60. The van der Waals surface area contributed by atoms with Crippen LogP contribution in [0.2, 0.25) is 0 Å². The molecule has 2 aromatic rings. The summed E-state index contributed by atoms with van der Waals surface area (Å²) in [7, 11) is -5.90. The van der Waals surface area contributed by atoms with Gasteiger partial charge in [-0.1, -0.05) is 0 Å². The molecule has 2 aromatic carbocycles. The molecule has 0 radical (unpaired) electrons. The first-order chi connectivity index (χ1) is 15.7. The zero-order chi connectivity index (χ0) is 25.7. The molecule has 1 aliphatic rings. The van der Waals surface area contributed by atoms with E-state index in [1.54, 1.807) is 0 Å². The van der Waals surface area contributed by atoms with E-state index in [2.05, 4.69) is 4.18 Å². The Morgan fingerprint density at radius 1 is 0.824 bits per heavy atom. The second-order valence-corrected chi connectivity index (χ2v) is 8.08. The van der Waals surface area contributed by atoms with Gasteiger partial charge in [0.1, 0.15) is 17.1 Å². The van der Waals surface area contributed by atoms with Crippen molar-refractivity contribution in [3.8, 4) is 0 Å². The normalized spacial score (nSPS) is 18.1. The minimum atomic E-state index is -5.90. The van der Waals surface area contributed by atoms with Crippen LogP contribution >= 0.6 is 0 Å². The van der Waals surface area contributed by atoms with Crippen LogP contribution < -0.4 is 0 Å². The summed E-state index contributed by atoms with van der Waals surface area (Å²) in [6.07, 6.45) is -7.16. The van der Waals surface area contributed by atoms with E-state index in [1.807, 2.05) is 0 Å². The third-order valence-electron chi connectivity index (χ3n) is 4.66. The maximum atomic E-state index is 14.4. The first kappa shape index (κ1) is 25.0. The number of alkyl halides is 2. The third-order valence-corrected chi connectivity index (χ3v) is 5.99. The van der Waals surface area contributed by atoms with Gasteiger partial charge in [-0.3, -0.25) is 24.4 Å². The van der Waals surface area contributed by atoms with Crippen LogP contribution in [0.1, 0.15) is 29.0 Å². The summed E-state index contributed by atoms with van der Waals surface area (Å²) in [5, 5.41) is 22.2. The predicted octanol–water partition coefficient (Wildman–Crippen LogP) is 5.01. The number of rotatable bonds is 6. The molecule has 182 valence electrons. The molecular weight excluding hydrogens is 509 g/mol. The zero-order valence-corrected chi connectivity index (χ0v) is 16.7. The first-order valence-corrected chi connectivity index (χ1v) is 9.96. The average molecular weight is 516 g/mol. The minimum Gasteiger partial charge on any atom is -0.261 e. The number of hydrogen-bond acceptors (Lipinski definition) is 7. The van der Waals surface area contributed by atoms with E-state index in [4.69, 9.17) is 0 Å². The summed E-state index contributed by atoms with van der Waals surface area (Å²) in [6.45, 7) is -1.59.